The molecule has 0 radical (unpaired) electrons. The summed E-state index contributed by atoms with van der Waals surface area (Å²) in [5.74, 6) is 2.91. The molecule has 33 heavy (non-hydrogen) atoms. The van der Waals surface area contributed by atoms with Crippen LogP contribution in [0.1, 0.15) is 56.2 Å². The van der Waals surface area contributed by atoms with E-state index in [0.717, 1.165) is 11.3 Å². The third kappa shape index (κ3) is 4.08. The largest absolute Gasteiger partial charge is 0.496 e. The zero-order chi connectivity index (χ0) is 23.7. The summed E-state index contributed by atoms with van der Waals surface area (Å²) in [5, 5.41) is 0. The number of para-hydroxylation sites is 1. The number of aromatic nitrogens is 2. The average molecular weight is 440 g/mol. The highest BCUT2D eigenvalue weighted by Gasteiger charge is 2.30. The monoisotopic (exact) mass is 439 g/mol. The molecule has 0 spiro atoms. The van der Waals surface area contributed by atoms with Crippen LogP contribution in [0.5, 0.6) is 5.75 Å². The number of nitrogens with zero attached hydrogens (tertiary/aromatic N) is 2. The van der Waals surface area contributed by atoms with Crippen molar-refractivity contribution in [3.05, 3.63) is 89.6 Å². The van der Waals surface area contributed by atoms with Crippen LogP contribution in [0.3, 0.4) is 0 Å². The first-order valence-electron chi connectivity index (χ1n) is 11.8. The summed E-state index contributed by atoms with van der Waals surface area (Å²) in [7, 11) is 3.90. The molecule has 3 aromatic carbocycles. The molecule has 1 aromatic heterocycles. The molecule has 170 valence electrons. The van der Waals surface area contributed by atoms with E-state index in [1.807, 2.05) is 6.07 Å². The number of hydrogen-bond donors (Lipinski definition) is 0. The Morgan fingerprint density at radius 2 is 1.39 bits per heavy atom. The van der Waals surface area contributed by atoms with Crippen LogP contribution in [-0.4, -0.2) is 11.7 Å². The van der Waals surface area contributed by atoms with E-state index < -0.39 is 0 Å². The molecule has 0 aliphatic carbocycles. The summed E-state index contributed by atoms with van der Waals surface area (Å²) < 4.78 is 10.4. The van der Waals surface area contributed by atoms with Gasteiger partial charge >= 0.3 is 0 Å². The van der Waals surface area contributed by atoms with Crippen molar-refractivity contribution in [3.63, 3.8) is 0 Å². The van der Waals surface area contributed by atoms with Crippen LogP contribution in [0, 0.1) is 6.92 Å². The highest BCUT2D eigenvalue weighted by atomic mass is 16.5. The summed E-state index contributed by atoms with van der Waals surface area (Å²) in [4.78, 5) is 0. The van der Waals surface area contributed by atoms with Gasteiger partial charge in [-0.15, -0.1) is 0 Å². The Bertz CT molecular complexity index is 1240. The number of hydrogen-bond acceptors (Lipinski definition) is 1. The maximum Gasteiger partial charge on any atom is 0.294 e. The van der Waals surface area contributed by atoms with Gasteiger partial charge < -0.3 is 4.74 Å². The lowest BCUT2D eigenvalue weighted by Crippen LogP contribution is -2.32. The van der Waals surface area contributed by atoms with Crippen LogP contribution >= 0.6 is 0 Å². The second-order valence-corrected chi connectivity index (χ2v) is 9.36. The molecule has 0 saturated carbocycles. The van der Waals surface area contributed by atoms with Crippen molar-refractivity contribution in [2.24, 2.45) is 7.05 Å². The standard InChI is InChI=1S/C30H35N2O/c1-20(2)24-15-11-16-25(21(3)4)29(24)32-19-27(26-17-12-18-28(33-7)22(26)5)31(6)30(32)23-13-9-8-10-14-23/h8-21H,1-7H3/q+1. The van der Waals surface area contributed by atoms with Crippen molar-refractivity contribution >= 4 is 0 Å². The minimum absolute atomic E-state index is 0.414. The topological polar surface area (TPSA) is 18.0 Å². The average Bonchev–Trinajstić information content (AvgIpc) is 3.15. The molecule has 3 heteroatoms. The van der Waals surface area contributed by atoms with Crippen LogP contribution in [0.25, 0.3) is 28.3 Å². The summed E-state index contributed by atoms with van der Waals surface area (Å²) >= 11 is 0. The fraction of sp³-hybridized carbons (Fsp3) is 0.300. The Kier molecular flexibility index (Phi) is 6.42. The molecule has 0 unspecified atom stereocenters. The Balaban J connectivity index is 2.11. The molecule has 0 fully saturated rings. The van der Waals surface area contributed by atoms with Gasteiger partial charge in [-0.05, 0) is 37.0 Å². The fourth-order valence-electron chi connectivity index (χ4n) is 4.79. The molecule has 4 rings (SSSR count). The molecule has 0 aliphatic rings. The second kappa shape index (κ2) is 9.27. The number of imidazole rings is 1. The van der Waals surface area contributed by atoms with E-state index in [2.05, 4.69) is 118 Å². The number of rotatable bonds is 6. The van der Waals surface area contributed by atoms with Crippen LogP contribution in [0.15, 0.2) is 72.9 Å². The van der Waals surface area contributed by atoms with Gasteiger partial charge in [0.05, 0.1) is 19.7 Å². The molecule has 0 atom stereocenters. The molecule has 4 aromatic rings. The molecule has 0 amide bonds. The van der Waals surface area contributed by atoms with E-state index in [1.165, 1.54) is 39.5 Å². The van der Waals surface area contributed by atoms with Crippen molar-refractivity contribution in [2.45, 2.75) is 46.5 Å². The molecular formula is C30H35N2O+. The molecule has 0 N–H and O–H groups in total. The summed E-state index contributed by atoms with van der Waals surface area (Å²) in [5.41, 5.74) is 8.71. The number of benzene rings is 3. The Hall–Kier alpha value is -3.33. The minimum atomic E-state index is 0.414. The Labute approximate surface area is 198 Å². The van der Waals surface area contributed by atoms with E-state index in [1.54, 1.807) is 7.11 Å². The molecular weight excluding hydrogens is 404 g/mol. The highest BCUT2D eigenvalue weighted by Crippen LogP contribution is 2.36. The van der Waals surface area contributed by atoms with Gasteiger partial charge in [0.15, 0.2) is 5.69 Å². The van der Waals surface area contributed by atoms with Crippen molar-refractivity contribution < 1.29 is 9.30 Å². The molecule has 0 aliphatic heterocycles. The summed E-state index contributed by atoms with van der Waals surface area (Å²) in [6, 6.07) is 23.7. The third-order valence-electron chi connectivity index (χ3n) is 6.55. The fourth-order valence-corrected chi connectivity index (χ4v) is 4.79. The normalized spacial score (nSPS) is 11.4. The van der Waals surface area contributed by atoms with Crippen LogP contribution < -0.4 is 9.30 Å². The minimum Gasteiger partial charge on any atom is -0.496 e. The van der Waals surface area contributed by atoms with Crippen molar-refractivity contribution in [1.82, 2.24) is 4.57 Å². The lowest BCUT2D eigenvalue weighted by Gasteiger charge is -2.17. The van der Waals surface area contributed by atoms with Gasteiger partial charge in [0.2, 0.25) is 0 Å². The maximum atomic E-state index is 5.64. The van der Waals surface area contributed by atoms with Gasteiger partial charge in [-0.3, -0.25) is 0 Å². The quantitative estimate of drug-likeness (QED) is 0.291. The van der Waals surface area contributed by atoms with E-state index in [4.69, 9.17) is 4.74 Å². The van der Waals surface area contributed by atoms with E-state index in [9.17, 15) is 0 Å². The predicted octanol–water partition coefficient (Wildman–Crippen LogP) is 7.20. The first-order valence-corrected chi connectivity index (χ1v) is 11.8. The van der Waals surface area contributed by atoms with Crippen molar-refractivity contribution in [1.29, 1.82) is 0 Å². The zero-order valence-electron chi connectivity index (χ0n) is 20.9. The van der Waals surface area contributed by atoms with Crippen LogP contribution in [-0.2, 0) is 7.05 Å². The number of ether oxygens (including phenoxy) is 1. The van der Waals surface area contributed by atoms with Crippen molar-refractivity contribution in [2.75, 3.05) is 7.11 Å². The first kappa shape index (κ1) is 22.8. The Morgan fingerprint density at radius 3 is 1.97 bits per heavy atom. The van der Waals surface area contributed by atoms with E-state index >= 15 is 0 Å². The van der Waals surface area contributed by atoms with Crippen LogP contribution in [0.2, 0.25) is 0 Å². The third-order valence-corrected chi connectivity index (χ3v) is 6.55. The number of methoxy groups -OCH3 is 1. The first-order chi connectivity index (χ1) is 15.8. The van der Waals surface area contributed by atoms with Gasteiger partial charge in [0.1, 0.15) is 17.6 Å². The smallest absolute Gasteiger partial charge is 0.294 e. The SMILES string of the molecule is COc1cccc(-c2cn(-c3c(C(C)C)cccc3C(C)C)c(-c3ccccc3)[n+]2C)c1C. The van der Waals surface area contributed by atoms with Gasteiger partial charge in [0, 0.05) is 22.3 Å². The van der Waals surface area contributed by atoms with Crippen molar-refractivity contribution in [3.8, 4) is 34.1 Å². The predicted molar refractivity (Wildman–Crippen MR) is 137 cm³/mol. The lowest BCUT2D eigenvalue weighted by molar-refractivity contribution is -0.648. The van der Waals surface area contributed by atoms with Crippen LogP contribution in [0.4, 0.5) is 0 Å². The van der Waals surface area contributed by atoms with E-state index in [0.29, 0.717) is 11.8 Å². The summed E-state index contributed by atoms with van der Waals surface area (Å²) in [6.45, 7) is 11.3. The molecule has 0 saturated heterocycles. The van der Waals surface area contributed by atoms with Gasteiger partial charge in [-0.25, -0.2) is 4.57 Å². The van der Waals surface area contributed by atoms with Gasteiger partial charge in [-0.1, -0.05) is 76.2 Å². The lowest BCUT2D eigenvalue weighted by atomic mass is 9.92. The Morgan fingerprint density at radius 1 is 0.788 bits per heavy atom. The van der Waals surface area contributed by atoms with Gasteiger partial charge in [-0.2, -0.15) is 4.57 Å². The zero-order valence-corrected chi connectivity index (χ0v) is 20.9. The second-order valence-electron chi connectivity index (χ2n) is 9.36. The highest BCUT2D eigenvalue weighted by molar-refractivity contribution is 5.68. The summed E-state index contributed by atoms with van der Waals surface area (Å²) in [6.07, 6.45) is 2.30. The molecule has 3 nitrogen and oxygen atoms in total. The molecule has 1 heterocycles. The maximum absolute atomic E-state index is 5.64. The van der Waals surface area contributed by atoms with E-state index in [-0.39, 0.29) is 0 Å². The molecule has 0 bridgehead atoms. The van der Waals surface area contributed by atoms with Gasteiger partial charge in [0.25, 0.3) is 5.82 Å².